The molecule has 6 nitrogen and oxygen atoms in total. The summed E-state index contributed by atoms with van der Waals surface area (Å²) in [5.74, 6) is -1.74. The number of nitrogens with zero attached hydrogens (tertiary/aromatic N) is 1. The number of benzene rings is 2. The molecule has 1 aliphatic carbocycles. The summed E-state index contributed by atoms with van der Waals surface area (Å²) in [5.41, 5.74) is 0.731. The van der Waals surface area contributed by atoms with E-state index in [1.54, 1.807) is 30.3 Å². The number of fused-ring (bicyclic) bond motifs is 2. The van der Waals surface area contributed by atoms with E-state index in [2.05, 4.69) is 4.98 Å². The number of para-hydroxylation sites is 1. The highest BCUT2D eigenvalue weighted by atomic mass is 32.2. The van der Waals surface area contributed by atoms with E-state index in [1.807, 2.05) is 12.1 Å². The molecular formula is C18H11NO5S. The molecule has 0 radical (unpaired) electrons. The minimum atomic E-state index is -4.51. The molecule has 0 N–H and O–H groups in total. The van der Waals surface area contributed by atoms with Crippen LogP contribution in [0.1, 0.15) is 20.7 Å². The SMILES string of the molecule is O=C1c2ccccc2C(=O)C1S(=O)(=O)Oc1ccc2ccccc2n1. The fraction of sp³-hybridized carbons (Fsp3) is 0.0556. The summed E-state index contributed by atoms with van der Waals surface area (Å²) in [6.07, 6.45) is 0. The lowest BCUT2D eigenvalue weighted by atomic mass is 10.1. The average molecular weight is 353 g/mol. The van der Waals surface area contributed by atoms with E-state index < -0.39 is 26.9 Å². The molecule has 1 heterocycles. The van der Waals surface area contributed by atoms with Gasteiger partial charge in [0.2, 0.25) is 11.1 Å². The van der Waals surface area contributed by atoms with Crippen LogP contribution in [0, 0.1) is 0 Å². The summed E-state index contributed by atoms with van der Waals surface area (Å²) in [5, 5.41) is -1.08. The maximum Gasteiger partial charge on any atom is 0.328 e. The van der Waals surface area contributed by atoms with E-state index in [1.165, 1.54) is 18.2 Å². The molecule has 3 aromatic rings. The minimum absolute atomic E-state index is 0.0937. The van der Waals surface area contributed by atoms with Crippen molar-refractivity contribution in [3.63, 3.8) is 0 Å². The normalized spacial score (nSPS) is 14.7. The van der Waals surface area contributed by atoms with Crippen LogP contribution < -0.4 is 4.18 Å². The van der Waals surface area contributed by atoms with Crippen LogP contribution >= 0.6 is 0 Å². The average Bonchev–Trinajstić information content (AvgIpc) is 2.86. The Morgan fingerprint density at radius 2 is 1.40 bits per heavy atom. The van der Waals surface area contributed by atoms with Crippen molar-refractivity contribution >= 4 is 32.6 Å². The van der Waals surface area contributed by atoms with E-state index in [-0.39, 0.29) is 17.0 Å². The van der Waals surface area contributed by atoms with Gasteiger partial charge in [0.1, 0.15) is 0 Å². The quantitative estimate of drug-likeness (QED) is 0.530. The van der Waals surface area contributed by atoms with Crippen LogP contribution in [0.2, 0.25) is 0 Å². The molecule has 0 amide bonds. The maximum atomic E-state index is 12.5. The standard InChI is InChI=1S/C18H11NO5S/c20-16-12-6-2-3-7-13(12)17(21)18(16)25(22,23)24-15-10-9-11-5-1-4-8-14(11)19-15/h1-10,18H. The molecule has 0 fully saturated rings. The van der Waals surface area contributed by atoms with Crippen molar-refractivity contribution in [2.24, 2.45) is 0 Å². The third-order valence-electron chi connectivity index (χ3n) is 4.00. The Balaban J connectivity index is 1.70. The van der Waals surface area contributed by atoms with Crippen LogP contribution in [0.25, 0.3) is 10.9 Å². The number of carbonyl (C=O) groups excluding carboxylic acids is 2. The largest absolute Gasteiger partial charge is 0.361 e. The zero-order chi connectivity index (χ0) is 17.6. The molecule has 1 aromatic heterocycles. The number of aromatic nitrogens is 1. The lowest BCUT2D eigenvalue weighted by molar-refractivity contribution is 0.0925. The Labute approximate surface area is 143 Å². The molecule has 2 aromatic carbocycles. The van der Waals surface area contributed by atoms with Gasteiger partial charge in [0.05, 0.1) is 5.52 Å². The van der Waals surface area contributed by atoms with Gasteiger partial charge >= 0.3 is 10.1 Å². The Morgan fingerprint density at radius 3 is 2.08 bits per heavy atom. The Bertz CT molecular complexity index is 1100. The molecule has 0 unspecified atom stereocenters. The zero-order valence-electron chi connectivity index (χ0n) is 12.7. The molecule has 7 heteroatoms. The van der Waals surface area contributed by atoms with Crippen molar-refractivity contribution in [1.29, 1.82) is 0 Å². The zero-order valence-corrected chi connectivity index (χ0v) is 13.6. The van der Waals surface area contributed by atoms with Gasteiger partial charge in [0, 0.05) is 22.6 Å². The Morgan fingerprint density at radius 1 is 0.800 bits per heavy atom. The smallest absolute Gasteiger partial charge is 0.328 e. The fourth-order valence-corrected chi connectivity index (χ4v) is 4.04. The van der Waals surface area contributed by atoms with Crippen LogP contribution in [-0.4, -0.2) is 30.2 Å². The second-order valence-electron chi connectivity index (χ2n) is 5.57. The Hall–Kier alpha value is -3.06. The summed E-state index contributed by atoms with van der Waals surface area (Å²) < 4.78 is 30.0. The van der Waals surface area contributed by atoms with Crippen molar-refractivity contribution in [3.05, 3.63) is 71.8 Å². The number of ketones is 2. The van der Waals surface area contributed by atoms with Crippen molar-refractivity contribution in [1.82, 2.24) is 4.98 Å². The first-order valence-corrected chi connectivity index (χ1v) is 8.91. The number of hydrogen-bond acceptors (Lipinski definition) is 6. The number of hydrogen-bond donors (Lipinski definition) is 0. The van der Waals surface area contributed by atoms with E-state index in [9.17, 15) is 18.0 Å². The van der Waals surface area contributed by atoms with Crippen molar-refractivity contribution in [2.75, 3.05) is 0 Å². The summed E-state index contributed by atoms with van der Waals surface area (Å²) in [7, 11) is -4.51. The molecule has 1 aliphatic rings. The number of Topliss-reactive ketones (excluding diaryl/α,β-unsaturated/α-hetero) is 2. The van der Waals surface area contributed by atoms with Gasteiger partial charge in [-0.1, -0.05) is 42.5 Å². The molecule has 0 aliphatic heterocycles. The third kappa shape index (κ3) is 2.49. The molecule has 0 atom stereocenters. The highest BCUT2D eigenvalue weighted by Gasteiger charge is 2.48. The molecule has 124 valence electrons. The molecule has 0 bridgehead atoms. The summed E-state index contributed by atoms with van der Waals surface area (Å²) >= 11 is 0. The van der Waals surface area contributed by atoms with Gasteiger partial charge in [-0.05, 0) is 12.1 Å². The number of rotatable bonds is 3. The monoisotopic (exact) mass is 353 g/mol. The van der Waals surface area contributed by atoms with Crippen molar-refractivity contribution in [3.8, 4) is 5.88 Å². The topological polar surface area (TPSA) is 90.4 Å². The molecule has 4 rings (SSSR count). The molecule has 0 spiro atoms. The summed E-state index contributed by atoms with van der Waals surface area (Å²) in [6.45, 7) is 0. The van der Waals surface area contributed by atoms with Gasteiger partial charge < -0.3 is 4.18 Å². The fourth-order valence-electron chi connectivity index (χ4n) is 2.84. The van der Waals surface area contributed by atoms with E-state index >= 15 is 0 Å². The second-order valence-corrected chi connectivity index (χ2v) is 7.20. The first-order chi connectivity index (χ1) is 12.0. The lowest BCUT2D eigenvalue weighted by Gasteiger charge is -2.10. The van der Waals surface area contributed by atoms with E-state index in [0.717, 1.165) is 5.39 Å². The van der Waals surface area contributed by atoms with Gasteiger partial charge in [-0.15, -0.1) is 0 Å². The van der Waals surface area contributed by atoms with Crippen LogP contribution in [0.5, 0.6) is 5.88 Å². The van der Waals surface area contributed by atoms with Gasteiger partial charge in [-0.2, -0.15) is 8.42 Å². The van der Waals surface area contributed by atoms with Gasteiger partial charge in [0.25, 0.3) is 0 Å². The first kappa shape index (κ1) is 15.5. The van der Waals surface area contributed by atoms with Crippen molar-refractivity contribution < 1.29 is 22.2 Å². The highest BCUT2D eigenvalue weighted by Crippen LogP contribution is 2.28. The van der Waals surface area contributed by atoms with Crippen LogP contribution in [0.4, 0.5) is 0 Å². The molecule has 0 saturated carbocycles. The predicted molar refractivity (Wildman–Crippen MR) is 90.2 cm³/mol. The van der Waals surface area contributed by atoms with Crippen LogP contribution in [-0.2, 0) is 10.1 Å². The molecule has 0 saturated heterocycles. The number of carbonyl (C=O) groups is 2. The van der Waals surface area contributed by atoms with Gasteiger partial charge in [-0.25, -0.2) is 4.98 Å². The van der Waals surface area contributed by atoms with E-state index in [0.29, 0.717) is 5.52 Å². The van der Waals surface area contributed by atoms with Gasteiger partial charge in [0.15, 0.2) is 11.6 Å². The minimum Gasteiger partial charge on any atom is -0.361 e. The summed E-state index contributed by atoms with van der Waals surface area (Å²) in [6, 6.07) is 16.2. The second kappa shape index (κ2) is 5.49. The van der Waals surface area contributed by atoms with Crippen LogP contribution in [0.15, 0.2) is 60.7 Å². The lowest BCUT2D eigenvalue weighted by Crippen LogP contribution is -2.35. The first-order valence-electron chi connectivity index (χ1n) is 7.44. The Kier molecular flexibility index (Phi) is 3.40. The van der Waals surface area contributed by atoms with Crippen molar-refractivity contribution in [2.45, 2.75) is 5.25 Å². The van der Waals surface area contributed by atoms with E-state index in [4.69, 9.17) is 4.18 Å². The molecule has 25 heavy (non-hydrogen) atoms. The summed E-state index contributed by atoms with van der Waals surface area (Å²) in [4.78, 5) is 28.8. The van der Waals surface area contributed by atoms with Crippen LogP contribution in [0.3, 0.4) is 0 Å². The third-order valence-corrected chi connectivity index (χ3v) is 5.41. The maximum absolute atomic E-state index is 12.5. The van der Waals surface area contributed by atoms with Gasteiger partial charge in [-0.3, -0.25) is 9.59 Å². The predicted octanol–water partition coefficient (Wildman–Crippen LogP) is 2.39. The highest BCUT2D eigenvalue weighted by molar-refractivity contribution is 7.89. The number of pyridine rings is 1. The molecular weight excluding hydrogens is 342 g/mol.